The summed E-state index contributed by atoms with van der Waals surface area (Å²) < 4.78 is 6.75. The molecule has 0 N–H and O–H groups in total. The number of hydrogen-bond donors (Lipinski definition) is 0. The molecule has 2 aromatic heterocycles. The van der Waals surface area contributed by atoms with Gasteiger partial charge in [0.25, 0.3) is 5.91 Å². The molecular formula is C18H22N4O3S. The van der Waals surface area contributed by atoms with E-state index < -0.39 is 0 Å². The number of nitrogens with zero attached hydrogens (tertiary/aromatic N) is 4. The summed E-state index contributed by atoms with van der Waals surface area (Å²) in [6, 6.07) is 4.15. The SMILES string of the molecule is COc1nn(C)cc1C(=O)N1CCN(C(=O)[C@@H]2C[C@H]2c2cccs2)CC1. The lowest BCUT2D eigenvalue weighted by Gasteiger charge is -2.34. The zero-order chi connectivity index (χ0) is 18.3. The van der Waals surface area contributed by atoms with E-state index in [2.05, 4.69) is 16.5 Å². The van der Waals surface area contributed by atoms with Crippen molar-refractivity contribution in [1.29, 1.82) is 0 Å². The third-order valence-electron chi connectivity index (χ3n) is 5.11. The fourth-order valence-electron chi connectivity index (χ4n) is 3.58. The number of rotatable bonds is 4. The fourth-order valence-corrected chi connectivity index (χ4v) is 4.49. The topological polar surface area (TPSA) is 67.7 Å². The summed E-state index contributed by atoms with van der Waals surface area (Å²) in [5.41, 5.74) is 0.467. The molecule has 138 valence electrons. The molecule has 2 aliphatic rings. The average Bonchev–Trinajstić information content (AvgIpc) is 3.09. The number of carbonyl (C=O) groups excluding carboxylic acids is 2. The second-order valence-electron chi connectivity index (χ2n) is 6.81. The van der Waals surface area contributed by atoms with Crippen molar-refractivity contribution >= 4 is 23.2 Å². The van der Waals surface area contributed by atoms with Gasteiger partial charge in [0, 0.05) is 56.1 Å². The van der Waals surface area contributed by atoms with Crippen molar-refractivity contribution in [2.24, 2.45) is 13.0 Å². The molecule has 2 fully saturated rings. The minimum Gasteiger partial charge on any atom is -0.479 e. The van der Waals surface area contributed by atoms with Crippen LogP contribution in [0.25, 0.3) is 0 Å². The fraction of sp³-hybridized carbons (Fsp3) is 0.500. The third-order valence-corrected chi connectivity index (χ3v) is 6.12. The molecule has 0 bridgehead atoms. The number of aryl methyl sites for hydroxylation is 1. The van der Waals surface area contributed by atoms with E-state index in [0.717, 1.165) is 6.42 Å². The van der Waals surface area contributed by atoms with Gasteiger partial charge in [0.15, 0.2) is 0 Å². The van der Waals surface area contributed by atoms with Gasteiger partial charge in [-0.15, -0.1) is 16.4 Å². The number of amides is 2. The molecule has 26 heavy (non-hydrogen) atoms. The summed E-state index contributed by atoms with van der Waals surface area (Å²) in [6.45, 7) is 2.25. The monoisotopic (exact) mass is 374 g/mol. The predicted octanol–water partition coefficient (Wildman–Crippen LogP) is 1.58. The van der Waals surface area contributed by atoms with Crippen molar-refractivity contribution in [3.8, 4) is 5.88 Å². The van der Waals surface area contributed by atoms with Crippen molar-refractivity contribution in [3.05, 3.63) is 34.2 Å². The van der Waals surface area contributed by atoms with E-state index in [1.807, 2.05) is 11.0 Å². The molecule has 0 spiro atoms. The Kier molecular flexibility index (Phi) is 4.44. The van der Waals surface area contributed by atoms with Gasteiger partial charge in [-0.25, -0.2) is 0 Å². The molecule has 7 nitrogen and oxygen atoms in total. The van der Waals surface area contributed by atoms with Gasteiger partial charge >= 0.3 is 0 Å². The molecule has 2 amide bonds. The van der Waals surface area contributed by atoms with Crippen molar-refractivity contribution < 1.29 is 14.3 Å². The van der Waals surface area contributed by atoms with Crippen molar-refractivity contribution in [1.82, 2.24) is 19.6 Å². The molecule has 0 aromatic carbocycles. The number of aromatic nitrogens is 2. The molecule has 1 aliphatic carbocycles. The quantitative estimate of drug-likeness (QED) is 0.815. The molecule has 2 atom stereocenters. The van der Waals surface area contributed by atoms with Crippen molar-refractivity contribution in [2.75, 3.05) is 33.3 Å². The van der Waals surface area contributed by atoms with Crippen LogP contribution in [0.5, 0.6) is 5.88 Å². The van der Waals surface area contributed by atoms with E-state index in [4.69, 9.17) is 4.74 Å². The Bertz CT molecular complexity index is 809. The lowest BCUT2D eigenvalue weighted by Crippen LogP contribution is -2.51. The number of thiophene rings is 1. The second kappa shape index (κ2) is 6.75. The Morgan fingerprint density at radius 2 is 1.96 bits per heavy atom. The smallest absolute Gasteiger partial charge is 0.261 e. The molecule has 4 rings (SSSR count). The number of carbonyl (C=O) groups is 2. The van der Waals surface area contributed by atoms with Crippen LogP contribution >= 0.6 is 11.3 Å². The summed E-state index contributed by atoms with van der Waals surface area (Å²) in [6.07, 6.45) is 2.62. The normalized spacial score (nSPS) is 22.4. The molecule has 1 saturated heterocycles. The summed E-state index contributed by atoms with van der Waals surface area (Å²) >= 11 is 1.73. The largest absolute Gasteiger partial charge is 0.479 e. The number of ether oxygens (including phenoxy) is 1. The van der Waals surface area contributed by atoms with Crippen LogP contribution in [0.4, 0.5) is 0 Å². The van der Waals surface area contributed by atoms with Gasteiger partial charge in [-0.3, -0.25) is 14.3 Å². The maximum Gasteiger partial charge on any atom is 0.261 e. The molecule has 0 unspecified atom stereocenters. The van der Waals surface area contributed by atoms with Crippen LogP contribution in [0.2, 0.25) is 0 Å². The molecule has 8 heteroatoms. The van der Waals surface area contributed by atoms with E-state index in [-0.39, 0.29) is 17.7 Å². The summed E-state index contributed by atoms with van der Waals surface area (Å²) in [4.78, 5) is 30.4. The predicted molar refractivity (Wildman–Crippen MR) is 97.4 cm³/mol. The van der Waals surface area contributed by atoms with Gasteiger partial charge in [-0.1, -0.05) is 6.07 Å². The second-order valence-corrected chi connectivity index (χ2v) is 7.79. The van der Waals surface area contributed by atoms with Gasteiger partial charge in [0.1, 0.15) is 5.56 Å². The van der Waals surface area contributed by atoms with Gasteiger partial charge in [0.05, 0.1) is 7.11 Å². The highest BCUT2D eigenvalue weighted by Crippen LogP contribution is 2.50. The summed E-state index contributed by atoms with van der Waals surface area (Å²) in [5, 5.41) is 6.20. The number of methoxy groups -OCH3 is 1. The Balaban J connectivity index is 1.34. The maximum absolute atomic E-state index is 12.7. The van der Waals surface area contributed by atoms with E-state index in [1.165, 1.54) is 12.0 Å². The van der Waals surface area contributed by atoms with Crippen LogP contribution in [-0.2, 0) is 11.8 Å². The zero-order valence-corrected chi connectivity index (χ0v) is 15.7. The van der Waals surface area contributed by atoms with E-state index >= 15 is 0 Å². The summed E-state index contributed by atoms with van der Waals surface area (Å²) in [7, 11) is 3.27. The van der Waals surface area contributed by atoms with Gasteiger partial charge in [-0.05, 0) is 17.9 Å². The van der Waals surface area contributed by atoms with E-state index in [9.17, 15) is 9.59 Å². The van der Waals surface area contributed by atoms with Crippen LogP contribution in [0.15, 0.2) is 23.7 Å². The number of hydrogen-bond acceptors (Lipinski definition) is 5. The lowest BCUT2D eigenvalue weighted by atomic mass is 10.2. The van der Waals surface area contributed by atoms with Crippen LogP contribution in [0.1, 0.15) is 27.6 Å². The first-order valence-corrected chi connectivity index (χ1v) is 9.65. The first-order valence-electron chi connectivity index (χ1n) is 8.77. The standard InChI is InChI=1S/C18H22N4O3S/c1-20-11-14(16(19-20)25-2)18(24)22-7-5-21(6-8-22)17(23)13-10-12(13)15-4-3-9-26-15/h3-4,9,11-13H,5-8,10H2,1-2H3/t12-,13-/m1/s1. The van der Waals surface area contributed by atoms with Crippen LogP contribution in [0, 0.1) is 5.92 Å². The third kappa shape index (κ3) is 3.09. The molecular weight excluding hydrogens is 352 g/mol. The molecule has 1 aliphatic heterocycles. The van der Waals surface area contributed by atoms with Crippen LogP contribution in [-0.4, -0.2) is 64.7 Å². The average molecular weight is 374 g/mol. The molecule has 1 saturated carbocycles. The minimum atomic E-state index is -0.0927. The molecule has 3 heterocycles. The summed E-state index contributed by atoms with van der Waals surface area (Å²) in [5.74, 6) is 0.989. The van der Waals surface area contributed by atoms with E-state index in [1.54, 1.807) is 34.2 Å². The Morgan fingerprint density at radius 3 is 2.62 bits per heavy atom. The Morgan fingerprint density at radius 1 is 1.23 bits per heavy atom. The maximum atomic E-state index is 12.7. The van der Waals surface area contributed by atoms with Gasteiger partial charge < -0.3 is 14.5 Å². The van der Waals surface area contributed by atoms with E-state index in [0.29, 0.717) is 43.5 Å². The minimum absolute atomic E-state index is 0.0927. The highest BCUT2D eigenvalue weighted by atomic mass is 32.1. The van der Waals surface area contributed by atoms with Crippen LogP contribution < -0.4 is 4.74 Å². The highest BCUT2D eigenvalue weighted by molar-refractivity contribution is 7.10. The van der Waals surface area contributed by atoms with Gasteiger partial charge in [0.2, 0.25) is 11.8 Å². The van der Waals surface area contributed by atoms with Gasteiger partial charge in [-0.2, -0.15) is 0 Å². The zero-order valence-electron chi connectivity index (χ0n) is 14.9. The first kappa shape index (κ1) is 17.1. The number of piperazine rings is 1. The van der Waals surface area contributed by atoms with Crippen molar-refractivity contribution in [2.45, 2.75) is 12.3 Å². The van der Waals surface area contributed by atoms with Crippen molar-refractivity contribution in [3.63, 3.8) is 0 Å². The Hall–Kier alpha value is -2.35. The Labute approximate surface area is 156 Å². The molecule has 2 aromatic rings. The molecule has 0 radical (unpaired) electrons. The lowest BCUT2D eigenvalue weighted by molar-refractivity contribution is -0.134. The highest BCUT2D eigenvalue weighted by Gasteiger charge is 2.46. The van der Waals surface area contributed by atoms with Crippen LogP contribution in [0.3, 0.4) is 0 Å². The first-order chi connectivity index (χ1) is 12.6.